The molecule has 0 aliphatic carbocycles. The van der Waals surface area contributed by atoms with E-state index in [1.54, 1.807) is 0 Å². The molecule has 1 fully saturated rings. The van der Waals surface area contributed by atoms with Crippen molar-refractivity contribution >= 4 is 22.9 Å². The Bertz CT molecular complexity index is 937. The summed E-state index contributed by atoms with van der Waals surface area (Å²) in [5, 5.41) is 13.6. The Morgan fingerprint density at radius 3 is 2.74 bits per heavy atom. The van der Waals surface area contributed by atoms with Crippen LogP contribution in [0.4, 0.5) is 5.69 Å². The van der Waals surface area contributed by atoms with Gasteiger partial charge in [-0.05, 0) is 35.4 Å². The summed E-state index contributed by atoms with van der Waals surface area (Å²) in [7, 11) is 0. The van der Waals surface area contributed by atoms with Gasteiger partial charge in [0.1, 0.15) is 5.82 Å². The van der Waals surface area contributed by atoms with Crippen molar-refractivity contribution < 1.29 is 4.79 Å². The highest BCUT2D eigenvalue weighted by molar-refractivity contribution is 7.09. The zero-order valence-electron chi connectivity index (χ0n) is 14.9. The summed E-state index contributed by atoms with van der Waals surface area (Å²) in [4.78, 5) is 16.6. The Morgan fingerprint density at radius 2 is 1.93 bits per heavy atom. The summed E-state index contributed by atoms with van der Waals surface area (Å²) < 4.78 is 2.02. The van der Waals surface area contributed by atoms with Gasteiger partial charge in [-0.25, -0.2) is 0 Å². The summed E-state index contributed by atoms with van der Waals surface area (Å²) in [5.41, 5.74) is 0.775. The van der Waals surface area contributed by atoms with Crippen molar-refractivity contribution in [2.75, 3.05) is 18.4 Å². The molecule has 138 valence electrons. The van der Waals surface area contributed by atoms with Crippen LogP contribution in [-0.2, 0) is 19.5 Å². The van der Waals surface area contributed by atoms with Crippen LogP contribution in [0.1, 0.15) is 21.3 Å². The van der Waals surface area contributed by atoms with Crippen LogP contribution in [0.2, 0.25) is 0 Å². The standard InChI is InChI=1S/C20H21N5OS/c26-20(21-16-5-2-1-3-6-16)19-23-22-18-9-14-10-24(11-15(14)12-25(18)19)13-17-7-4-8-27-17/h1-8,14-15H,9-13H2,(H,21,26)/t14-,15-/m0/s1. The van der Waals surface area contributed by atoms with E-state index in [2.05, 4.69) is 37.9 Å². The molecule has 4 heterocycles. The normalized spacial score (nSPS) is 21.6. The molecule has 0 unspecified atom stereocenters. The number of amides is 1. The topological polar surface area (TPSA) is 63.1 Å². The lowest BCUT2D eigenvalue weighted by Crippen LogP contribution is -2.31. The molecule has 2 aromatic heterocycles. The first-order valence-electron chi connectivity index (χ1n) is 9.29. The molecule has 1 saturated heterocycles. The number of thiophene rings is 1. The van der Waals surface area contributed by atoms with E-state index in [1.807, 2.05) is 46.2 Å². The van der Waals surface area contributed by atoms with E-state index in [4.69, 9.17) is 0 Å². The van der Waals surface area contributed by atoms with Crippen LogP contribution < -0.4 is 5.32 Å². The second-order valence-corrected chi connectivity index (χ2v) is 8.40. The Balaban J connectivity index is 1.30. The molecule has 0 spiro atoms. The number of hydrogen-bond acceptors (Lipinski definition) is 5. The molecule has 5 rings (SSSR count). The van der Waals surface area contributed by atoms with Crippen molar-refractivity contribution in [3.05, 3.63) is 64.4 Å². The summed E-state index contributed by atoms with van der Waals surface area (Å²) in [6.45, 7) is 4.01. The number of aromatic nitrogens is 3. The Labute approximate surface area is 161 Å². The number of nitrogens with zero attached hydrogens (tertiary/aromatic N) is 4. The average Bonchev–Trinajstić information content (AvgIpc) is 3.40. The molecule has 2 aliphatic heterocycles. The largest absolute Gasteiger partial charge is 0.319 e. The number of nitrogens with one attached hydrogen (secondary N) is 1. The molecule has 1 aromatic carbocycles. The van der Waals surface area contributed by atoms with Crippen molar-refractivity contribution in [1.29, 1.82) is 0 Å². The smallest absolute Gasteiger partial charge is 0.293 e. The maximum absolute atomic E-state index is 12.7. The first-order chi connectivity index (χ1) is 13.3. The maximum Gasteiger partial charge on any atom is 0.293 e. The van der Waals surface area contributed by atoms with Crippen molar-refractivity contribution in [3.8, 4) is 0 Å². The molecule has 1 amide bonds. The molecule has 0 bridgehead atoms. The van der Waals surface area contributed by atoms with Gasteiger partial charge in [0.15, 0.2) is 0 Å². The van der Waals surface area contributed by atoms with Crippen molar-refractivity contribution in [2.45, 2.75) is 19.5 Å². The van der Waals surface area contributed by atoms with Gasteiger partial charge in [0.25, 0.3) is 5.91 Å². The molecule has 1 N–H and O–H groups in total. The summed E-state index contributed by atoms with van der Waals surface area (Å²) in [5.74, 6) is 2.33. The predicted octanol–water partition coefficient (Wildman–Crippen LogP) is 2.90. The van der Waals surface area contributed by atoms with E-state index >= 15 is 0 Å². The average molecular weight is 379 g/mol. The molecular formula is C20H21N5OS. The second-order valence-electron chi connectivity index (χ2n) is 7.37. The molecule has 0 radical (unpaired) electrons. The minimum absolute atomic E-state index is 0.188. The van der Waals surface area contributed by atoms with Gasteiger partial charge in [0.05, 0.1) is 0 Å². The third kappa shape index (κ3) is 3.28. The second kappa shape index (κ2) is 6.90. The number of carbonyl (C=O) groups is 1. The van der Waals surface area contributed by atoms with E-state index in [-0.39, 0.29) is 5.91 Å². The zero-order chi connectivity index (χ0) is 18.2. The van der Waals surface area contributed by atoms with Gasteiger partial charge in [-0.15, -0.1) is 21.5 Å². The minimum atomic E-state index is -0.188. The molecule has 27 heavy (non-hydrogen) atoms. The third-order valence-electron chi connectivity index (χ3n) is 5.54. The number of benzene rings is 1. The first-order valence-corrected chi connectivity index (χ1v) is 10.2. The summed E-state index contributed by atoms with van der Waals surface area (Å²) in [6, 6.07) is 13.8. The Kier molecular flexibility index (Phi) is 4.26. The Morgan fingerprint density at radius 1 is 1.07 bits per heavy atom. The minimum Gasteiger partial charge on any atom is -0.319 e. The van der Waals surface area contributed by atoms with E-state index < -0.39 is 0 Å². The molecule has 2 atom stereocenters. The monoisotopic (exact) mass is 379 g/mol. The van der Waals surface area contributed by atoms with Crippen molar-refractivity contribution in [3.63, 3.8) is 0 Å². The van der Waals surface area contributed by atoms with Crippen LogP contribution in [0, 0.1) is 11.8 Å². The lowest BCUT2D eigenvalue weighted by Gasteiger charge is -2.25. The first kappa shape index (κ1) is 16.6. The van der Waals surface area contributed by atoms with Crippen LogP contribution in [0.5, 0.6) is 0 Å². The summed E-state index contributed by atoms with van der Waals surface area (Å²) >= 11 is 1.82. The highest BCUT2D eigenvalue weighted by Crippen LogP contribution is 2.33. The molecular weight excluding hydrogens is 358 g/mol. The fraction of sp³-hybridized carbons (Fsp3) is 0.350. The Hall–Kier alpha value is -2.51. The molecule has 6 nitrogen and oxygen atoms in total. The van der Waals surface area contributed by atoms with Crippen LogP contribution in [-0.4, -0.2) is 38.7 Å². The number of hydrogen-bond donors (Lipinski definition) is 1. The van der Waals surface area contributed by atoms with Crippen molar-refractivity contribution in [1.82, 2.24) is 19.7 Å². The highest BCUT2D eigenvalue weighted by atomic mass is 32.1. The quantitative estimate of drug-likeness (QED) is 0.757. The predicted molar refractivity (Wildman–Crippen MR) is 105 cm³/mol. The fourth-order valence-corrected chi connectivity index (χ4v) is 5.00. The van der Waals surface area contributed by atoms with E-state index in [9.17, 15) is 4.79 Å². The summed E-state index contributed by atoms with van der Waals surface area (Å²) in [6.07, 6.45) is 0.900. The number of anilines is 1. The number of rotatable bonds is 4. The van der Waals surface area contributed by atoms with Gasteiger partial charge in [0.2, 0.25) is 5.82 Å². The van der Waals surface area contributed by atoms with Gasteiger partial charge < -0.3 is 9.88 Å². The van der Waals surface area contributed by atoms with E-state index in [0.717, 1.165) is 44.1 Å². The molecule has 7 heteroatoms. The van der Waals surface area contributed by atoms with Gasteiger partial charge in [0, 0.05) is 43.2 Å². The number of carbonyl (C=O) groups excluding carboxylic acids is 1. The highest BCUT2D eigenvalue weighted by Gasteiger charge is 2.39. The molecule has 2 aliphatic rings. The third-order valence-corrected chi connectivity index (χ3v) is 6.40. The lowest BCUT2D eigenvalue weighted by atomic mass is 9.89. The van der Waals surface area contributed by atoms with Gasteiger partial charge in [-0.1, -0.05) is 24.3 Å². The number of fused-ring (bicyclic) bond motifs is 2. The molecule has 3 aromatic rings. The van der Waals surface area contributed by atoms with Crippen molar-refractivity contribution in [2.24, 2.45) is 11.8 Å². The lowest BCUT2D eigenvalue weighted by molar-refractivity contribution is 0.100. The van der Waals surface area contributed by atoms with Crippen LogP contribution in [0.25, 0.3) is 0 Å². The maximum atomic E-state index is 12.7. The van der Waals surface area contributed by atoms with E-state index in [0.29, 0.717) is 17.7 Å². The van der Waals surface area contributed by atoms with Gasteiger partial charge >= 0.3 is 0 Å². The number of para-hydroxylation sites is 1. The van der Waals surface area contributed by atoms with Crippen LogP contribution >= 0.6 is 11.3 Å². The van der Waals surface area contributed by atoms with Crippen LogP contribution in [0.15, 0.2) is 47.8 Å². The fourth-order valence-electron chi connectivity index (χ4n) is 4.25. The molecule has 0 saturated carbocycles. The van der Waals surface area contributed by atoms with Gasteiger partial charge in [-0.2, -0.15) is 0 Å². The van der Waals surface area contributed by atoms with Gasteiger partial charge in [-0.3, -0.25) is 9.69 Å². The van der Waals surface area contributed by atoms with E-state index in [1.165, 1.54) is 4.88 Å². The van der Waals surface area contributed by atoms with Crippen LogP contribution in [0.3, 0.4) is 0 Å². The zero-order valence-corrected chi connectivity index (χ0v) is 15.7. The SMILES string of the molecule is O=C(Nc1ccccc1)c1nnc2n1C[C@@H]1CN(Cc3cccs3)C[C@@H]1C2. The number of likely N-dealkylation sites (tertiary alicyclic amines) is 1.